The molecule has 2 aromatic rings. The highest BCUT2D eigenvalue weighted by Gasteiger charge is 2.08. The van der Waals surface area contributed by atoms with Crippen molar-refractivity contribution in [3.63, 3.8) is 0 Å². The zero-order valence-corrected chi connectivity index (χ0v) is 11.4. The van der Waals surface area contributed by atoms with Crippen molar-refractivity contribution >= 4 is 16.9 Å². The summed E-state index contributed by atoms with van der Waals surface area (Å²) in [6.45, 7) is 1.78. The fourth-order valence-corrected chi connectivity index (χ4v) is 1.78. The zero-order chi connectivity index (χ0) is 15.2. The lowest BCUT2D eigenvalue weighted by Gasteiger charge is -2.05. The lowest BCUT2D eigenvalue weighted by Crippen LogP contribution is -2.05. The minimum absolute atomic E-state index is 0.00548. The molecule has 0 fully saturated rings. The van der Waals surface area contributed by atoms with E-state index < -0.39 is 11.6 Å². The van der Waals surface area contributed by atoms with E-state index in [0.717, 1.165) is 0 Å². The summed E-state index contributed by atoms with van der Waals surface area (Å²) in [5.41, 5.74) is 0.204. The topological polar surface area (TPSA) is 76.7 Å². The van der Waals surface area contributed by atoms with Gasteiger partial charge in [0.05, 0.1) is 0 Å². The molecular formula is C16H14O5. The van der Waals surface area contributed by atoms with Crippen molar-refractivity contribution < 1.29 is 19.1 Å². The minimum Gasteiger partial charge on any atom is -0.508 e. The van der Waals surface area contributed by atoms with Crippen LogP contribution in [0.25, 0.3) is 11.0 Å². The highest BCUT2D eigenvalue weighted by molar-refractivity contribution is 5.84. The summed E-state index contributed by atoms with van der Waals surface area (Å²) in [5.74, 6) is -0.512. The Hall–Kier alpha value is -2.82. The number of ether oxygens (including phenoxy) is 1. The van der Waals surface area contributed by atoms with Crippen LogP contribution in [0.4, 0.5) is 0 Å². The zero-order valence-electron chi connectivity index (χ0n) is 11.4. The number of aromatic hydroxyl groups is 1. The van der Waals surface area contributed by atoms with Gasteiger partial charge in [0.2, 0.25) is 0 Å². The van der Waals surface area contributed by atoms with Crippen LogP contribution in [0.2, 0.25) is 0 Å². The Bertz CT molecular complexity index is 768. The van der Waals surface area contributed by atoms with Gasteiger partial charge in [-0.25, -0.2) is 9.59 Å². The molecule has 0 amide bonds. The first-order valence-electron chi connectivity index (χ1n) is 6.32. The molecule has 1 aromatic heterocycles. The molecule has 0 aliphatic rings. The average molecular weight is 286 g/mol. The maximum Gasteiger partial charge on any atom is 0.336 e. The Morgan fingerprint density at radius 3 is 2.90 bits per heavy atom. The van der Waals surface area contributed by atoms with Gasteiger partial charge in [-0.15, -0.1) is 0 Å². The van der Waals surface area contributed by atoms with E-state index in [9.17, 15) is 14.7 Å². The van der Waals surface area contributed by atoms with Gasteiger partial charge in [0.1, 0.15) is 17.9 Å². The lowest BCUT2D eigenvalue weighted by atomic mass is 10.1. The second-order valence-electron chi connectivity index (χ2n) is 4.26. The first-order valence-corrected chi connectivity index (χ1v) is 6.32. The predicted molar refractivity (Wildman–Crippen MR) is 77.9 cm³/mol. The van der Waals surface area contributed by atoms with E-state index in [4.69, 9.17) is 9.15 Å². The third-order valence-corrected chi connectivity index (χ3v) is 2.72. The van der Waals surface area contributed by atoms with Crippen LogP contribution in [0.1, 0.15) is 12.5 Å². The van der Waals surface area contributed by atoms with E-state index in [2.05, 4.69) is 0 Å². The van der Waals surface area contributed by atoms with Gasteiger partial charge in [0, 0.05) is 29.2 Å². The molecule has 0 saturated carbocycles. The molecule has 108 valence electrons. The first kappa shape index (κ1) is 14.6. The van der Waals surface area contributed by atoms with Gasteiger partial charge in [0.15, 0.2) is 0 Å². The van der Waals surface area contributed by atoms with Crippen LogP contribution in [-0.4, -0.2) is 11.1 Å². The number of hydrogen-bond acceptors (Lipinski definition) is 5. The van der Waals surface area contributed by atoms with Crippen molar-refractivity contribution in [3.8, 4) is 5.75 Å². The summed E-state index contributed by atoms with van der Waals surface area (Å²) in [4.78, 5) is 22.9. The number of benzene rings is 1. The SMILES string of the molecule is CC=CC=CC(=O)OCc1cc(=O)oc2cc(O)ccc12. The maximum absolute atomic E-state index is 11.5. The van der Waals surface area contributed by atoms with E-state index in [1.807, 2.05) is 6.92 Å². The molecule has 0 aliphatic heterocycles. The number of carbonyl (C=O) groups excluding carboxylic acids is 1. The molecule has 0 bridgehead atoms. The predicted octanol–water partition coefficient (Wildman–Crippen LogP) is 2.67. The third-order valence-electron chi connectivity index (χ3n) is 2.72. The fraction of sp³-hybridized carbons (Fsp3) is 0.125. The molecule has 0 radical (unpaired) electrons. The van der Waals surface area contributed by atoms with Crippen LogP contribution < -0.4 is 5.63 Å². The van der Waals surface area contributed by atoms with Crippen molar-refractivity contribution in [2.45, 2.75) is 13.5 Å². The highest BCUT2D eigenvalue weighted by Crippen LogP contribution is 2.22. The van der Waals surface area contributed by atoms with Crippen LogP contribution in [0.3, 0.4) is 0 Å². The third kappa shape index (κ3) is 3.82. The summed E-state index contributed by atoms with van der Waals surface area (Å²) in [6.07, 6.45) is 6.35. The monoisotopic (exact) mass is 286 g/mol. The fourth-order valence-electron chi connectivity index (χ4n) is 1.78. The molecule has 5 nitrogen and oxygen atoms in total. The minimum atomic E-state index is -0.566. The van der Waals surface area contributed by atoms with Crippen LogP contribution >= 0.6 is 0 Å². The molecule has 0 saturated heterocycles. The van der Waals surface area contributed by atoms with E-state index in [0.29, 0.717) is 10.9 Å². The Labute approximate surface area is 120 Å². The Morgan fingerprint density at radius 1 is 1.33 bits per heavy atom. The number of fused-ring (bicyclic) bond motifs is 1. The van der Waals surface area contributed by atoms with Gasteiger partial charge < -0.3 is 14.3 Å². The Kier molecular flexibility index (Phi) is 4.56. The quantitative estimate of drug-likeness (QED) is 0.404. The summed E-state index contributed by atoms with van der Waals surface area (Å²) in [7, 11) is 0. The summed E-state index contributed by atoms with van der Waals surface area (Å²) < 4.78 is 10.1. The largest absolute Gasteiger partial charge is 0.508 e. The van der Waals surface area contributed by atoms with Crippen molar-refractivity contribution in [2.24, 2.45) is 0 Å². The Balaban J connectivity index is 2.22. The van der Waals surface area contributed by atoms with Crippen molar-refractivity contribution in [2.75, 3.05) is 0 Å². The van der Waals surface area contributed by atoms with Gasteiger partial charge in [-0.05, 0) is 19.1 Å². The van der Waals surface area contributed by atoms with Gasteiger partial charge in [-0.2, -0.15) is 0 Å². The summed E-state index contributed by atoms with van der Waals surface area (Å²) in [5, 5.41) is 10.00. The van der Waals surface area contributed by atoms with E-state index in [1.54, 1.807) is 24.3 Å². The lowest BCUT2D eigenvalue weighted by molar-refractivity contribution is -0.138. The normalized spacial score (nSPS) is 11.5. The van der Waals surface area contributed by atoms with Crippen LogP contribution in [0.15, 0.2) is 57.8 Å². The number of phenols is 1. The van der Waals surface area contributed by atoms with E-state index in [1.165, 1.54) is 24.3 Å². The van der Waals surface area contributed by atoms with Gasteiger partial charge >= 0.3 is 11.6 Å². The van der Waals surface area contributed by atoms with E-state index >= 15 is 0 Å². The van der Waals surface area contributed by atoms with Crippen molar-refractivity contribution in [3.05, 3.63) is 64.6 Å². The van der Waals surface area contributed by atoms with Gasteiger partial charge in [-0.1, -0.05) is 18.2 Å². The maximum atomic E-state index is 11.5. The Morgan fingerprint density at radius 2 is 2.14 bits per heavy atom. The molecule has 5 heteroatoms. The van der Waals surface area contributed by atoms with E-state index in [-0.39, 0.29) is 17.9 Å². The summed E-state index contributed by atoms with van der Waals surface area (Å²) >= 11 is 0. The van der Waals surface area contributed by atoms with Crippen LogP contribution in [0, 0.1) is 0 Å². The molecule has 0 spiro atoms. The molecule has 0 aliphatic carbocycles. The van der Waals surface area contributed by atoms with Crippen molar-refractivity contribution in [1.82, 2.24) is 0 Å². The second-order valence-corrected chi connectivity index (χ2v) is 4.26. The number of phenolic OH excluding ortho intramolecular Hbond substituents is 1. The molecule has 0 atom stereocenters. The number of hydrogen-bond donors (Lipinski definition) is 1. The molecule has 0 unspecified atom stereocenters. The smallest absolute Gasteiger partial charge is 0.336 e. The first-order chi connectivity index (χ1) is 10.1. The average Bonchev–Trinajstić information content (AvgIpc) is 2.44. The highest BCUT2D eigenvalue weighted by atomic mass is 16.5. The number of rotatable bonds is 4. The van der Waals surface area contributed by atoms with Crippen LogP contribution in [-0.2, 0) is 16.1 Å². The molecule has 2 rings (SSSR count). The number of allylic oxidation sites excluding steroid dienone is 3. The molecule has 1 aromatic carbocycles. The molecule has 1 heterocycles. The van der Waals surface area contributed by atoms with Gasteiger partial charge in [-0.3, -0.25) is 0 Å². The standard InChI is InChI=1S/C16H14O5/c1-2-3-4-5-15(18)20-10-11-8-16(19)21-14-9-12(17)6-7-13(11)14/h2-9,17H,10H2,1H3. The summed E-state index contributed by atoms with van der Waals surface area (Å²) in [6, 6.07) is 5.68. The number of esters is 1. The van der Waals surface area contributed by atoms with Crippen molar-refractivity contribution in [1.29, 1.82) is 0 Å². The second kappa shape index (κ2) is 6.56. The van der Waals surface area contributed by atoms with Crippen LogP contribution in [0.5, 0.6) is 5.75 Å². The number of carbonyl (C=O) groups is 1. The molecular weight excluding hydrogens is 272 g/mol. The van der Waals surface area contributed by atoms with Gasteiger partial charge in [0.25, 0.3) is 0 Å². The molecule has 21 heavy (non-hydrogen) atoms. The molecule has 1 N–H and O–H groups in total.